The Hall–Kier alpha value is -2.88. The van der Waals surface area contributed by atoms with E-state index in [1.165, 1.54) is 30.5 Å². The largest absolute Gasteiger partial charge is 0.326 e. The van der Waals surface area contributed by atoms with Crippen LogP contribution in [0.3, 0.4) is 0 Å². The summed E-state index contributed by atoms with van der Waals surface area (Å²) in [6.45, 7) is 1.47. The molecule has 0 heterocycles. The monoisotopic (exact) mass is 320 g/mol. The summed E-state index contributed by atoms with van der Waals surface area (Å²) >= 11 is 0. The quantitative estimate of drug-likeness (QED) is 0.842. The number of fused-ring (bicyclic) bond motifs is 1. The second-order valence-corrected chi connectivity index (χ2v) is 5.96. The Morgan fingerprint density at radius 1 is 0.917 bits per heavy atom. The van der Waals surface area contributed by atoms with Gasteiger partial charge in [-0.05, 0) is 66.3 Å². The highest BCUT2D eigenvalue weighted by molar-refractivity contribution is 6.02. The molecular formula is C20H20N2O2. The highest BCUT2D eigenvalue weighted by Crippen LogP contribution is 2.24. The maximum atomic E-state index is 12.0. The number of aryl methyl sites for hydroxylation is 2. The van der Waals surface area contributed by atoms with Crippen molar-refractivity contribution in [1.29, 1.82) is 0 Å². The van der Waals surface area contributed by atoms with E-state index in [4.69, 9.17) is 0 Å². The Kier molecular flexibility index (Phi) is 4.75. The van der Waals surface area contributed by atoms with Gasteiger partial charge < -0.3 is 10.6 Å². The average molecular weight is 320 g/mol. The first-order valence-corrected chi connectivity index (χ1v) is 8.09. The summed E-state index contributed by atoms with van der Waals surface area (Å²) in [5, 5.41) is 5.60. The maximum Gasteiger partial charge on any atom is 0.248 e. The van der Waals surface area contributed by atoms with Gasteiger partial charge in [0.15, 0.2) is 0 Å². The van der Waals surface area contributed by atoms with Crippen LogP contribution in [0.1, 0.15) is 30.0 Å². The molecule has 0 bridgehead atoms. The number of amides is 2. The molecule has 3 rings (SSSR count). The first-order chi connectivity index (χ1) is 11.6. The zero-order chi connectivity index (χ0) is 16.9. The molecule has 2 N–H and O–H groups in total. The molecule has 0 unspecified atom stereocenters. The zero-order valence-corrected chi connectivity index (χ0v) is 13.6. The second kappa shape index (κ2) is 7.13. The molecule has 0 saturated heterocycles. The fourth-order valence-corrected chi connectivity index (χ4v) is 2.89. The van der Waals surface area contributed by atoms with E-state index in [-0.39, 0.29) is 11.8 Å². The molecular weight excluding hydrogens is 300 g/mol. The van der Waals surface area contributed by atoms with E-state index in [1.54, 1.807) is 18.2 Å². The van der Waals surface area contributed by atoms with Crippen LogP contribution in [0.25, 0.3) is 6.08 Å². The number of nitrogens with one attached hydrogen (secondary N) is 2. The van der Waals surface area contributed by atoms with Crippen LogP contribution in [0.5, 0.6) is 0 Å². The van der Waals surface area contributed by atoms with Crippen molar-refractivity contribution in [3.63, 3.8) is 0 Å². The van der Waals surface area contributed by atoms with Crippen molar-refractivity contribution < 1.29 is 9.59 Å². The first kappa shape index (κ1) is 16.0. The van der Waals surface area contributed by atoms with Crippen molar-refractivity contribution in [3.05, 3.63) is 65.2 Å². The van der Waals surface area contributed by atoms with E-state index in [2.05, 4.69) is 22.8 Å². The van der Waals surface area contributed by atoms with Crippen molar-refractivity contribution in [3.8, 4) is 0 Å². The van der Waals surface area contributed by atoms with Crippen LogP contribution in [-0.2, 0) is 22.4 Å². The van der Waals surface area contributed by atoms with E-state index < -0.39 is 0 Å². The smallest absolute Gasteiger partial charge is 0.248 e. The van der Waals surface area contributed by atoms with Gasteiger partial charge in [-0.15, -0.1) is 0 Å². The number of rotatable bonds is 4. The van der Waals surface area contributed by atoms with Crippen molar-refractivity contribution in [2.75, 3.05) is 10.6 Å². The predicted molar refractivity (Wildman–Crippen MR) is 96.9 cm³/mol. The van der Waals surface area contributed by atoms with Crippen molar-refractivity contribution in [1.82, 2.24) is 0 Å². The lowest BCUT2D eigenvalue weighted by molar-refractivity contribution is -0.114. The Bertz CT molecular complexity index is 792. The van der Waals surface area contributed by atoms with Gasteiger partial charge in [0.05, 0.1) is 0 Å². The highest BCUT2D eigenvalue weighted by atomic mass is 16.2. The maximum absolute atomic E-state index is 12.0. The lowest BCUT2D eigenvalue weighted by Gasteiger charge is -2.05. The lowest BCUT2D eigenvalue weighted by atomic mass is 10.1. The first-order valence-electron chi connectivity index (χ1n) is 8.09. The minimum atomic E-state index is -0.154. The zero-order valence-electron chi connectivity index (χ0n) is 13.6. The number of hydrogen-bond donors (Lipinski definition) is 2. The number of hydrogen-bond acceptors (Lipinski definition) is 2. The molecule has 0 saturated carbocycles. The Labute approximate surface area is 141 Å². The molecule has 1 aliphatic rings. The van der Waals surface area contributed by atoms with Crippen LogP contribution in [0, 0.1) is 0 Å². The molecule has 0 radical (unpaired) electrons. The Balaban J connectivity index is 1.60. The van der Waals surface area contributed by atoms with E-state index >= 15 is 0 Å². The average Bonchev–Trinajstić information content (AvgIpc) is 3.01. The number of carbonyl (C=O) groups excluding carboxylic acids is 2. The fourth-order valence-electron chi connectivity index (χ4n) is 2.89. The molecule has 0 atom stereocenters. The third-order valence-corrected chi connectivity index (χ3v) is 4.02. The van der Waals surface area contributed by atoms with Crippen LogP contribution in [-0.4, -0.2) is 11.8 Å². The molecule has 1 aliphatic carbocycles. The highest BCUT2D eigenvalue weighted by Gasteiger charge is 2.11. The molecule has 24 heavy (non-hydrogen) atoms. The van der Waals surface area contributed by atoms with Gasteiger partial charge >= 0.3 is 0 Å². The number of benzene rings is 2. The van der Waals surface area contributed by atoms with E-state index in [0.717, 1.165) is 29.8 Å². The molecule has 0 aromatic heterocycles. The summed E-state index contributed by atoms with van der Waals surface area (Å²) in [5.41, 5.74) is 5.20. The third kappa shape index (κ3) is 4.10. The number of carbonyl (C=O) groups is 2. The normalized spacial score (nSPS) is 12.9. The standard InChI is InChI=1S/C20H20N2O2/c1-14(23)21-18-9-5-15(6-10-18)7-12-20(24)22-19-11-8-16-3-2-4-17(16)13-19/h5-13H,2-4H2,1H3,(H,21,23)(H,22,24)/b12-7+. The van der Waals surface area contributed by atoms with Gasteiger partial charge in [-0.1, -0.05) is 18.2 Å². The summed E-state index contributed by atoms with van der Waals surface area (Å²) in [7, 11) is 0. The topological polar surface area (TPSA) is 58.2 Å². The van der Waals surface area contributed by atoms with Crippen molar-refractivity contribution in [2.45, 2.75) is 26.2 Å². The molecule has 2 amide bonds. The lowest BCUT2D eigenvalue weighted by Crippen LogP contribution is -2.08. The van der Waals surface area contributed by atoms with E-state index in [9.17, 15) is 9.59 Å². The summed E-state index contributed by atoms with van der Waals surface area (Å²) in [5.74, 6) is -0.258. The van der Waals surface area contributed by atoms with Gasteiger partial charge in [0.2, 0.25) is 11.8 Å². The van der Waals surface area contributed by atoms with Crippen LogP contribution < -0.4 is 10.6 Å². The van der Waals surface area contributed by atoms with Crippen LogP contribution in [0.4, 0.5) is 11.4 Å². The third-order valence-electron chi connectivity index (χ3n) is 4.02. The molecule has 4 heteroatoms. The molecule has 2 aromatic rings. The summed E-state index contributed by atoms with van der Waals surface area (Å²) in [6.07, 6.45) is 6.69. The summed E-state index contributed by atoms with van der Waals surface area (Å²) in [4.78, 5) is 23.0. The minimum Gasteiger partial charge on any atom is -0.326 e. The number of anilines is 2. The van der Waals surface area contributed by atoms with Gasteiger partial charge in [0.25, 0.3) is 0 Å². The van der Waals surface area contributed by atoms with Gasteiger partial charge in [-0.3, -0.25) is 9.59 Å². The van der Waals surface area contributed by atoms with Crippen LogP contribution in [0.2, 0.25) is 0 Å². The Morgan fingerprint density at radius 2 is 1.62 bits per heavy atom. The summed E-state index contributed by atoms with van der Waals surface area (Å²) in [6, 6.07) is 13.4. The SMILES string of the molecule is CC(=O)Nc1ccc(/C=C/C(=O)Nc2ccc3c(c2)CCC3)cc1. The summed E-state index contributed by atoms with van der Waals surface area (Å²) < 4.78 is 0. The van der Waals surface area contributed by atoms with E-state index in [1.807, 2.05) is 18.2 Å². The molecule has 0 aliphatic heterocycles. The van der Waals surface area contributed by atoms with Gasteiger partial charge in [-0.2, -0.15) is 0 Å². The minimum absolute atomic E-state index is 0.105. The predicted octanol–water partition coefficient (Wildman–Crippen LogP) is 3.79. The van der Waals surface area contributed by atoms with Gasteiger partial charge in [0, 0.05) is 24.4 Å². The van der Waals surface area contributed by atoms with Crippen molar-refractivity contribution in [2.24, 2.45) is 0 Å². The van der Waals surface area contributed by atoms with Crippen molar-refractivity contribution >= 4 is 29.3 Å². The second-order valence-electron chi connectivity index (χ2n) is 5.96. The van der Waals surface area contributed by atoms with Gasteiger partial charge in [0.1, 0.15) is 0 Å². The molecule has 0 fully saturated rings. The fraction of sp³-hybridized carbons (Fsp3) is 0.200. The van der Waals surface area contributed by atoms with Gasteiger partial charge in [-0.25, -0.2) is 0 Å². The van der Waals surface area contributed by atoms with Crippen LogP contribution in [0.15, 0.2) is 48.5 Å². The molecule has 0 spiro atoms. The molecule has 2 aromatic carbocycles. The molecule has 122 valence electrons. The van der Waals surface area contributed by atoms with Crippen LogP contribution >= 0.6 is 0 Å². The Morgan fingerprint density at radius 3 is 2.38 bits per heavy atom. The van der Waals surface area contributed by atoms with E-state index in [0.29, 0.717) is 0 Å². The molecule has 4 nitrogen and oxygen atoms in total.